The van der Waals surface area contributed by atoms with Gasteiger partial charge in [0.15, 0.2) is 0 Å². The summed E-state index contributed by atoms with van der Waals surface area (Å²) in [6.45, 7) is 6.16. The Balaban J connectivity index is 2.37. The van der Waals surface area contributed by atoms with Crippen LogP contribution >= 0.6 is 0 Å². The predicted molar refractivity (Wildman–Crippen MR) is 73.6 cm³/mol. The normalized spacial score (nSPS) is 11.1. The van der Waals surface area contributed by atoms with Gasteiger partial charge in [0.1, 0.15) is 17.4 Å². The fourth-order valence-electron chi connectivity index (χ4n) is 1.88. The highest BCUT2D eigenvalue weighted by molar-refractivity contribution is 5.30. The average molecular weight is 271 g/mol. The maximum absolute atomic E-state index is 13.6. The van der Waals surface area contributed by atoms with Gasteiger partial charge in [0.05, 0.1) is 7.11 Å². The molecule has 1 rings (SSSR count). The molecule has 0 heterocycles. The largest absolute Gasteiger partial charge is 0.497 e. The van der Waals surface area contributed by atoms with Crippen LogP contribution in [0.4, 0.5) is 8.78 Å². The summed E-state index contributed by atoms with van der Waals surface area (Å²) in [6.07, 6.45) is 2.11. The van der Waals surface area contributed by atoms with Crippen LogP contribution in [-0.4, -0.2) is 20.2 Å². The minimum absolute atomic E-state index is 0.157. The van der Waals surface area contributed by atoms with Crippen LogP contribution in [-0.2, 0) is 6.42 Å². The number of hydrogen-bond donors (Lipinski definition) is 1. The third-order valence-electron chi connectivity index (χ3n) is 2.93. The molecule has 1 aromatic carbocycles. The van der Waals surface area contributed by atoms with Gasteiger partial charge in [-0.2, -0.15) is 0 Å². The predicted octanol–water partition coefficient (Wildman–Crippen LogP) is 3.54. The molecule has 2 nitrogen and oxygen atoms in total. The maximum Gasteiger partial charge on any atom is 0.133 e. The van der Waals surface area contributed by atoms with Gasteiger partial charge >= 0.3 is 0 Å². The van der Waals surface area contributed by atoms with Crippen LogP contribution in [0.25, 0.3) is 0 Å². The summed E-state index contributed by atoms with van der Waals surface area (Å²) >= 11 is 0. The van der Waals surface area contributed by atoms with E-state index in [1.54, 1.807) is 0 Å². The fraction of sp³-hybridized carbons (Fsp3) is 0.600. The number of halogens is 2. The molecule has 0 fully saturated rings. The van der Waals surface area contributed by atoms with Crippen LogP contribution in [0.2, 0.25) is 0 Å². The van der Waals surface area contributed by atoms with E-state index >= 15 is 0 Å². The Morgan fingerprint density at radius 1 is 1.16 bits per heavy atom. The van der Waals surface area contributed by atoms with Crippen molar-refractivity contribution >= 4 is 0 Å². The Kier molecular flexibility index (Phi) is 6.78. The van der Waals surface area contributed by atoms with Gasteiger partial charge in [-0.05, 0) is 38.3 Å². The molecule has 0 saturated heterocycles. The van der Waals surface area contributed by atoms with Crippen molar-refractivity contribution in [3.63, 3.8) is 0 Å². The first-order chi connectivity index (χ1) is 9.04. The standard InChI is InChI=1S/C15H23F2NO/c1-11(2)10-18-7-5-4-6-13-14(16)8-12(19-3)9-15(13)17/h8-9,11,18H,4-7,10H2,1-3H3. The van der Waals surface area contributed by atoms with E-state index < -0.39 is 11.6 Å². The lowest BCUT2D eigenvalue weighted by atomic mass is 10.1. The van der Waals surface area contributed by atoms with Crippen molar-refractivity contribution in [2.45, 2.75) is 33.1 Å². The number of rotatable bonds is 8. The van der Waals surface area contributed by atoms with Gasteiger partial charge in [-0.1, -0.05) is 13.8 Å². The molecule has 4 heteroatoms. The Morgan fingerprint density at radius 3 is 2.32 bits per heavy atom. The Morgan fingerprint density at radius 2 is 1.79 bits per heavy atom. The summed E-state index contributed by atoms with van der Waals surface area (Å²) in [5, 5.41) is 3.31. The highest BCUT2D eigenvalue weighted by Gasteiger charge is 2.11. The highest BCUT2D eigenvalue weighted by Crippen LogP contribution is 2.21. The van der Waals surface area contributed by atoms with Crippen molar-refractivity contribution in [2.24, 2.45) is 5.92 Å². The molecule has 0 aliphatic heterocycles. The SMILES string of the molecule is COc1cc(F)c(CCCCNCC(C)C)c(F)c1. The van der Waals surface area contributed by atoms with Crippen molar-refractivity contribution in [1.29, 1.82) is 0 Å². The summed E-state index contributed by atoms with van der Waals surface area (Å²) in [4.78, 5) is 0. The molecule has 1 aromatic rings. The lowest BCUT2D eigenvalue weighted by Gasteiger charge is -2.09. The fourth-order valence-corrected chi connectivity index (χ4v) is 1.88. The first-order valence-corrected chi connectivity index (χ1v) is 6.77. The molecule has 0 unspecified atom stereocenters. The van der Waals surface area contributed by atoms with Gasteiger partial charge in [-0.3, -0.25) is 0 Å². The molecule has 0 bridgehead atoms. The molecule has 0 aliphatic rings. The van der Waals surface area contributed by atoms with E-state index in [2.05, 4.69) is 19.2 Å². The smallest absolute Gasteiger partial charge is 0.133 e. The van der Waals surface area contributed by atoms with E-state index in [9.17, 15) is 8.78 Å². The number of nitrogens with one attached hydrogen (secondary N) is 1. The molecule has 0 amide bonds. The first-order valence-electron chi connectivity index (χ1n) is 6.77. The number of hydrogen-bond acceptors (Lipinski definition) is 2. The van der Waals surface area contributed by atoms with Gasteiger partial charge in [-0.15, -0.1) is 0 Å². The maximum atomic E-state index is 13.6. The summed E-state index contributed by atoms with van der Waals surface area (Å²) in [5.74, 6) is -0.201. The topological polar surface area (TPSA) is 21.3 Å². The van der Waals surface area contributed by atoms with Gasteiger partial charge in [0.25, 0.3) is 0 Å². The second-order valence-corrected chi connectivity index (χ2v) is 5.12. The Hall–Kier alpha value is -1.16. The van der Waals surface area contributed by atoms with Crippen LogP contribution in [0, 0.1) is 17.6 Å². The molecule has 0 aliphatic carbocycles. The van der Waals surface area contributed by atoms with Crippen molar-refractivity contribution in [3.8, 4) is 5.75 Å². The monoisotopic (exact) mass is 271 g/mol. The zero-order valence-corrected chi connectivity index (χ0v) is 11.9. The molecule has 0 atom stereocenters. The van der Waals surface area contributed by atoms with Gasteiger partial charge < -0.3 is 10.1 Å². The molecule has 108 valence electrons. The molecule has 0 saturated carbocycles. The Labute approximate surface area is 114 Å². The van der Waals surface area contributed by atoms with Crippen LogP contribution in [0.5, 0.6) is 5.75 Å². The van der Waals surface area contributed by atoms with E-state index in [0.29, 0.717) is 12.3 Å². The number of methoxy groups -OCH3 is 1. The number of unbranched alkanes of at least 4 members (excludes halogenated alkanes) is 1. The van der Waals surface area contributed by atoms with Crippen molar-refractivity contribution in [1.82, 2.24) is 5.32 Å². The van der Waals surface area contributed by atoms with Crippen LogP contribution < -0.4 is 10.1 Å². The van der Waals surface area contributed by atoms with E-state index in [0.717, 1.165) is 25.9 Å². The molecule has 0 spiro atoms. The van der Waals surface area contributed by atoms with E-state index in [-0.39, 0.29) is 11.3 Å². The summed E-state index contributed by atoms with van der Waals surface area (Å²) in [5.41, 5.74) is 0.157. The average Bonchev–Trinajstić information content (AvgIpc) is 2.35. The summed E-state index contributed by atoms with van der Waals surface area (Å²) in [6, 6.07) is 2.46. The zero-order chi connectivity index (χ0) is 14.3. The minimum Gasteiger partial charge on any atom is -0.497 e. The van der Waals surface area contributed by atoms with Crippen molar-refractivity contribution in [3.05, 3.63) is 29.3 Å². The van der Waals surface area contributed by atoms with E-state index in [4.69, 9.17) is 4.74 Å². The summed E-state index contributed by atoms with van der Waals surface area (Å²) in [7, 11) is 1.40. The van der Waals surface area contributed by atoms with Crippen LogP contribution in [0.15, 0.2) is 12.1 Å². The number of benzene rings is 1. The first kappa shape index (κ1) is 15.9. The van der Waals surface area contributed by atoms with Crippen molar-refractivity contribution < 1.29 is 13.5 Å². The zero-order valence-electron chi connectivity index (χ0n) is 11.9. The van der Waals surface area contributed by atoms with E-state index in [1.807, 2.05) is 0 Å². The van der Waals surface area contributed by atoms with E-state index in [1.165, 1.54) is 19.2 Å². The van der Waals surface area contributed by atoms with Crippen LogP contribution in [0.1, 0.15) is 32.3 Å². The van der Waals surface area contributed by atoms with Gasteiger partial charge in [0, 0.05) is 17.7 Å². The summed E-state index contributed by atoms with van der Waals surface area (Å²) < 4.78 is 32.1. The third kappa shape index (κ3) is 5.55. The second kappa shape index (κ2) is 8.10. The quantitative estimate of drug-likeness (QED) is 0.730. The lowest BCUT2D eigenvalue weighted by Crippen LogP contribution is -2.20. The molecule has 1 N–H and O–H groups in total. The molecule has 19 heavy (non-hydrogen) atoms. The molecular formula is C15H23F2NO. The van der Waals surface area contributed by atoms with Crippen LogP contribution in [0.3, 0.4) is 0 Å². The highest BCUT2D eigenvalue weighted by atomic mass is 19.1. The lowest BCUT2D eigenvalue weighted by molar-refractivity contribution is 0.405. The molecule has 0 radical (unpaired) electrons. The third-order valence-corrected chi connectivity index (χ3v) is 2.93. The van der Waals surface area contributed by atoms with Gasteiger partial charge in [-0.25, -0.2) is 8.78 Å². The minimum atomic E-state index is -0.521. The second-order valence-electron chi connectivity index (χ2n) is 5.12. The molecule has 0 aromatic heterocycles. The van der Waals surface area contributed by atoms with Gasteiger partial charge in [0.2, 0.25) is 0 Å². The van der Waals surface area contributed by atoms with Crippen molar-refractivity contribution in [2.75, 3.05) is 20.2 Å². The Bertz CT molecular complexity index is 371. The molecular weight excluding hydrogens is 248 g/mol. The number of ether oxygens (including phenoxy) is 1.